The highest BCUT2D eigenvalue weighted by Crippen LogP contribution is 2.34. The number of benzene rings is 1. The van der Waals surface area contributed by atoms with Gasteiger partial charge in [0, 0.05) is 16.8 Å². The lowest BCUT2D eigenvalue weighted by Gasteiger charge is -2.34. The van der Waals surface area contributed by atoms with Crippen molar-refractivity contribution in [3.05, 3.63) is 29.3 Å². The summed E-state index contributed by atoms with van der Waals surface area (Å²) in [6.45, 7) is 4.99. The van der Waals surface area contributed by atoms with Gasteiger partial charge in [-0.25, -0.2) is 0 Å². The Balaban J connectivity index is 1.73. The molecule has 110 valence electrons. The van der Waals surface area contributed by atoms with Gasteiger partial charge >= 0.3 is 0 Å². The van der Waals surface area contributed by atoms with E-state index in [0.717, 1.165) is 18.5 Å². The van der Waals surface area contributed by atoms with Crippen molar-refractivity contribution in [3.63, 3.8) is 0 Å². The zero-order chi connectivity index (χ0) is 14.6. The van der Waals surface area contributed by atoms with Crippen molar-refractivity contribution in [2.24, 2.45) is 5.41 Å². The zero-order valence-electron chi connectivity index (χ0n) is 12.2. The van der Waals surface area contributed by atoms with Crippen LogP contribution in [0, 0.1) is 5.41 Å². The summed E-state index contributed by atoms with van der Waals surface area (Å²) >= 11 is 5.89. The highest BCUT2D eigenvalue weighted by molar-refractivity contribution is 6.30. The lowest BCUT2D eigenvalue weighted by molar-refractivity contribution is -0.115. The molecular weight excluding hydrogens is 272 g/mol. The molecule has 0 spiro atoms. The summed E-state index contributed by atoms with van der Waals surface area (Å²) in [5.74, 6) is -0.0166. The second-order valence-electron chi connectivity index (χ2n) is 6.38. The fourth-order valence-corrected chi connectivity index (χ4v) is 2.80. The Labute approximate surface area is 126 Å². The van der Waals surface area contributed by atoms with Crippen molar-refractivity contribution in [3.8, 4) is 0 Å². The maximum Gasteiger partial charge on any atom is 0.238 e. The van der Waals surface area contributed by atoms with E-state index in [-0.39, 0.29) is 5.91 Å². The van der Waals surface area contributed by atoms with Crippen molar-refractivity contribution in [1.29, 1.82) is 0 Å². The number of carbonyl (C=O) groups is 1. The van der Waals surface area contributed by atoms with Gasteiger partial charge in [0.1, 0.15) is 0 Å². The monoisotopic (exact) mass is 294 g/mol. The predicted molar refractivity (Wildman–Crippen MR) is 84.1 cm³/mol. The van der Waals surface area contributed by atoms with Crippen LogP contribution in [0.25, 0.3) is 0 Å². The molecule has 2 rings (SSSR count). The normalized spacial score (nSPS) is 18.8. The summed E-state index contributed by atoms with van der Waals surface area (Å²) in [6, 6.07) is 7.68. The van der Waals surface area contributed by atoms with Gasteiger partial charge in [-0.2, -0.15) is 0 Å². The second kappa shape index (κ2) is 6.59. The molecule has 0 radical (unpaired) electrons. The summed E-state index contributed by atoms with van der Waals surface area (Å²) in [5.41, 5.74) is 1.20. The molecule has 1 saturated carbocycles. The molecule has 1 aliphatic carbocycles. The van der Waals surface area contributed by atoms with Gasteiger partial charge in [-0.3, -0.25) is 4.79 Å². The van der Waals surface area contributed by atoms with Crippen LogP contribution in [-0.4, -0.2) is 18.5 Å². The molecule has 0 aromatic heterocycles. The van der Waals surface area contributed by atoms with Gasteiger partial charge in [0.05, 0.1) is 6.54 Å². The lowest BCUT2D eigenvalue weighted by atomic mass is 9.75. The van der Waals surface area contributed by atoms with Crippen molar-refractivity contribution >= 4 is 23.2 Å². The van der Waals surface area contributed by atoms with E-state index in [1.54, 1.807) is 12.1 Å². The fourth-order valence-electron chi connectivity index (χ4n) is 2.61. The van der Waals surface area contributed by atoms with Crippen LogP contribution in [-0.2, 0) is 4.79 Å². The minimum absolute atomic E-state index is 0.0166. The number of amides is 1. The molecule has 0 atom stereocenters. The Kier molecular flexibility index (Phi) is 5.06. The summed E-state index contributed by atoms with van der Waals surface area (Å²) in [6.07, 6.45) is 4.75. The number of halogens is 1. The molecule has 1 fully saturated rings. The molecule has 0 aliphatic heterocycles. The average molecular weight is 295 g/mol. The number of rotatable bonds is 4. The van der Waals surface area contributed by atoms with Gasteiger partial charge in [0.25, 0.3) is 0 Å². The van der Waals surface area contributed by atoms with Crippen LogP contribution in [0.3, 0.4) is 0 Å². The van der Waals surface area contributed by atoms with Crippen LogP contribution in [0.4, 0.5) is 5.69 Å². The Hall–Kier alpha value is -1.06. The molecule has 0 bridgehead atoms. The van der Waals surface area contributed by atoms with Gasteiger partial charge in [0.15, 0.2) is 0 Å². The van der Waals surface area contributed by atoms with Crippen LogP contribution in [0.15, 0.2) is 24.3 Å². The standard InChI is InChI=1S/C16H23ClN2O/c1-16(2)8-6-13(7-9-16)18-11-15(20)19-14-5-3-4-12(17)10-14/h3-5,10,13,18H,6-9,11H2,1-2H3,(H,19,20). The van der Waals surface area contributed by atoms with Gasteiger partial charge in [-0.1, -0.05) is 31.5 Å². The molecule has 1 aliphatic rings. The van der Waals surface area contributed by atoms with Crippen LogP contribution in [0.1, 0.15) is 39.5 Å². The molecule has 1 aromatic rings. The van der Waals surface area contributed by atoms with Crippen molar-refractivity contribution in [1.82, 2.24) is 5.32 Å². The average Bonchev–Trinajstić information content (AvgIpc) is 2.37. The molecule has 1 amide bonds. The molecule has 3 nitrogen and oxygen atoms in total. The second-order valence-corrected chi connectivity index (χ2v) is 6.81. The first-order valence-electron chi connectivity index (χ1n) is 7.23. The smallest absolute Gasteiger partial charge is 0.238 e. The highest BCUT2D eigenvalue weighted by atomic mass is 35.5. The molecule has 4 heteroatoms. The van der Waals surface area contributed by atoms with E-state index >= 15 is 0 Å². The van der Waals surface area contributed by atoms with E-state index in [9.17, 15) is 4.79 Å². The van der Waals surface area contributed by atoms with Gasteiger partial charge in [0.2, 0.25) is 5.91 Å². The Morgan fingerprint density at radius 1 is 1.35 bits per heavy atom. The molecule has 20 heavy (non-hydrogen) atoms. The van der Waals surface area contributed by atoms with Crippen LogP contribution in [0.2, 0.25) is 5.02 Å². The Morgan fingerprint density at radius 3 is 2.70 bits per heavy atom. The molecule has 2 N–H and O–H groups in total. The van der Waals surface area contributed by atoms with E-state index in [1.807, 2.05) is 12.1 Å². The first-order chi connectivity index (χ1) is 9.44. The number of anilines is 1. The van der Waals surface area contributed by atoms with Crippen molar-refractivity contribution < 1.29 is 4.79 Å². The zero-order valence-corrected chi connectivity index (χ0v) is 13.0. The van der Waals surface area contributed by atoms with E-state index < -0.39 is 0 Å². The first-order valence-corrected chi connectivity index (χ1v) is 7.61. The summed E-state index contributed by atoms with van der Waals surface area (Å²) in [7, 11) is 0. The largest absolute Gasteiger partial charge is 0.325 e. The molecule has 0 unspecified atom stereocenters. The van der Waals surface area contributed by atoms with E-state index in [1.165, 1.54) is 12.8 Å². The number of hydrogen-bond donors (Lipinski definition) is 2. The number of carbonyl (C=O) groups excluding carboxylic acids is 1. The summed E-state index contributed by atoms with van der Waals surface area (Å²) in [4.78, 5) is 11.9. The maximum absolute atomic E-state index is 11.9. The topological polar surface area (TPSA) is 41.1 Å². The van der Waals surface area contributed by atoms with Gasteiger partial charge in [-0.15, -0.1) is 0 Å². The minimum atomic E-state index is -0.0166. The summed E-state index contributed by atoms with van der Waals surface area (Å²) in [5, 5.41) is 6.83. The third-order valence-corrected chi connectivity index (χ3v) is 4.23. The van der Waals surface area contributed by atoms with E-state index in [4.69, 9.17) is 11.6 Å². The predicted octanol–water partition coefficient (Wildman–Crippen LogP) is 3.84. The SMILES string of the molecule is CC1(C)CCC(NCC(=O)Nc2cccc(Cl)c2)CC1. The Bertz CT molecular complexity index is 463. The fraction of sp³-hybridized carbons (Fsp3) is 0.562. The van der Waals surface area contributed by atoms with Crippen LogP contribution >= 0.6 is 11.6 Å². The molecule has 1 aromatic carbocycles. The molecule has 0 heterocycles. The highest BCUT2D eigenvalue weighted by Gasteiger charge is 2.26. The first kappa shape index (κ1) is 15.3. The van der Waals surface area contributed by atoms with Gasteiger partial charge < -0.3 is 10.6 Å². The minimum Gasteiger partial charge on any atom is -0.325 e. The van der Waals surface area contributed by atoms with Crippen LogP contribution in [0.5, 0.6) is 0 Å². The van der Waals surface area contributed by atoms with Gasteiger partial charge in [-0.05, 0) is 49.3 Å². The van der Waals surface area contributed by atoms with Crippen molar-refractivity contribution in [2.75, 3.05) is 11.9 Å². The maximum atomic E-state index is 11.9. The lowest BCUT2D eigenvalue weighted by Crippen LogP contribution is -2.39. The van der Waals surface area contributed by atoms with Crippen LogP contribution < -0.4 is 10.6 Å². The molecule has 0 saturated heterocycles. The Morgan fingerprint density at radius 2 is 2.05 bits per heavy atom. The van der Waals surface area contributed by atoms with Crippen molar-refractivity contribution in [2.45, 2.75) is 45.6 Å². The number of nitrogens with one attached hydrogen (secondary N) is 2. The quantitative estimate of drug-likeness (QED) is 0.886. The van der Waals surface area contributed by atoms with E-state index in [2.05, 4.69) is 24.5 Å². The third kappa shape index (κ3) is 4.80. The summed E-state index contributed by atoms with van der Waals surface area (Å²) < 4.78 is 0. The number of hydrogen-bond acceptors (Lipinski definition) is 2. The van der Waals surface area contributed by atoms with E-state index in [0.29, 0.717) is 23.0 Å². The molecular formula is C16H23ClN2O. The third-order valence-electron chi connectivity index (χ3n) is 4.00.